The van der Waals surface area contributed by atoms with E-state index in [0.717, 1.165) is 49.8 Å². The van der Waals surface area contributed by atoms with E-state index in [1.54, 1.807) is 4.90 Å². The van der Waals surface area contributed by atoms with Gasteiger partial charge in [-0.25, -0.2) is 0 Å². The van der Waals surface area contributed by atoms with Crippen molar-refractivity contribution in [2.45, 2.75) is 12.6 Å². The van der Waals surface area contributed by atoms with Crippen LogP contribution in [0.5, 0.6) is 11.5 Å². The van der Waals surface area contributed by atoms with Crippen LogP contribution in [0.25, 0.3) is 0 Å². The lowest BCUT2D eigenvalue weighted by Crippen LogP contribution is -2.50. The van der Waals surface area contributed by atoms with Crippen molar-refractivity contribution >= 4 is 5.91 Å². The number of hydrogen-bond acceptors (Lipinski definition) is 5. The molecule has 0 aliphatic carbocycles. The molecule has 2 aromatic rings. The largest absolute Gasteiger partial charge is 0.454 e. The Morgan fingerprint density at radius 2 is 1.71 bits per heavy atom. The third-order valence-corrected chi connectivity index (χ3v) is 5.41. The normalized spacial score (nSPS) is 18.1. The summed E-state index contributed by atoms with van der Waals surface area (Å²) in [6.45, 7) is 4.77. The van der Waals surface area contributed by atoms with E-state index in [-0.39, 0.29) is 11.9 Å². The van der Waals surface area contributed by atoms with Gasteiger partial charge in [-0.2, -0.15) is 0 Å². The Morgan fingerprint density at radius 3 is 2.43 bits per heavy atom. The maximum atomic E-state index is 12.9. The summed E-state index contributed by atoms with van der Waals surface area (Å²) in [6, 6.07) is 16.0. The number of carbonyl (C=O) groups is 1. The van der Waals surface area contributed by atoms with Gasteiger partial charge in [-0.05, 0) is 23.3 Å². The molecule has 1 unspecified atom stereocenters. The highest BCUT2D eigenvalue weighted by molar-refractivity contribution is 5.82. The molecule has 0 spiro atoms. The molecular weight excluding hydrogens is 354 g/mol. The molecule has 0 radical (unpaired) electrons. The van der Waals surface area contributed by atoms with Crippen molar-refractivity contribution in [2.75, 3.05) is 47.1 Å². The summed E-state index contributed by atoms with van der Waals surface area (Å²) >= 11 is 0. The number of piperazine rings is 1. The minimum Gasteiger partial charge on any atom is -0.454 e. The zero-order valence-electron chi connectivity index (χ0n) is 16.5. The molecule has 4 rings (SSSR count). The van der Waals surface area contributed by atoms with Crippen LogP contribution >= 0.6 is 0 Å². The van der Waals surface area contributed by atoms with E-state index < -0.39 is 0 Å². The molecule has 0 aromatic heterocycles. The van der Waals surface area contributed by atoms with Crippen LogP contribution in [-0.2, 0) is 11.3 Å². The van der Waals surface area contributed by atoms with Crippen LogP contribution in [-0.4, -0.2) is 67.7 Å². The van der Waals surface area contributed by atoms with Crippen LogP contribution in [0.3, 0.4) is 0 Å². The van der Waals surface area contributed by atoms with Gasteiger partial charge in [0.2, 0.25) is 12.7 Å². The van der Waals surface area contributed by atoms with Crippen molar-refractivity contribution in [3.05, 3.63) is 59.7 Å². The number of carbonyl (C=O) groups excluding carboxylic acids is 1. The van der Waals surface area contributed by atoms with Crippen molar-refractivity contribution in [3.63, 3.8) is 0 Å². The molecule has 2 aliphatic rings. The fourth-order valence-corrected chi connectivity index (χ4v) is 3.87. The van der Waals surface area contributed by atoms with Gasteiger partial charge < -0.3 is 14.4 Å². The van der Waals surface area contributed by atoms with Crippen LogP contribution in [0, 0.1) is 0 Å². The molecule has 1 fully saturated rings. The second-order valence-corrected chi connectivity index (χ2v) is 7.55. The third-order valence-electron chi connectivity index (χ3n) is 5.41. The predicted molar refractivity (Wildman–Crippen MR) is 107 cm³/mol. The zero-order chi connectivity index (χ0) is 19.5. The van der Waals surface area contributed by atoms with E-state index in [2.05, 4.69) is 21.9 Å². The Kier molecular flexibility index (Phi) is 5.50. The lowest BCUT2D eigenvalue weighted by Gasteiger charge is -2.39. The highest BCUT2D eigenvalue weighted by Crippen LogP contribution is 2.33. The Hall–Kier alpha value is -2.57. The summed E-state index contributed by atoms with van der Waals surface area (Å²) in [5.74, 6) is 1.79. The number of likely N-dealkylation sites (N-methyl/N-ethyl adjacent to an activating group) is 1. The lowest BCUT2D eigenvalue weighted by molar-refractivity contribution is -0.135. The van der Waals surface area contributed by atoms with Crippen LogP contribution in [0.2, 0.25) is 0 Å². The average Bonchev–Trinajstić information content (AvgIpc) is 3.18. The first-order valence-corrected chi connectivity index (χ1v) is 9.73. The summed E-state index contributed by atoms with van der Waals surface area (Å²) < 4.78 is 10.9. The molecule has 0 saturated carbocycles. The van der Waals surface area contributed by atoms with Gasteiger partial charge in [0, 0.05) is 46.8 Å². The van der Waals surface area contributed by atoms with Gasteiger partial charge in [0.1, 0.15) is 6.04 Å². The predicted octanol–water partition coefficient (Wildman–Crippen LogP) is 2.36. The van der Waals surface area contributed by atoms with Gasteiger partial charge >= 0.3 is 0 Å². The number of amides is 1. The average molecular weight is 381 g/mol. The molecule has 1 atom stereocenters. The maximum Gasteiger partial charge on any atom is 0.244 e. The molecule has 28 heavy (non-hydrogen) atoms. The van der Waals surface area contributed by atoms with Crippen LogP contribution in [0.1, 0.15) is 17.2 Å². The molecule has 2 heterocycles. The number of rotatable bonds is 5. The highest BCUT2D eigenvalue weighted by Gasteiger charge is 2.31. The van der Waals surface area contributed by atoms with Crippen molar-refractivity contribution in [1.29, 1.82) is 0 Å². The van der Waals surface area contributed by atoms with Crippen molar-refractivity contribution in [2.24, 2.45) is 0 Å². The summed E-state index contributed by atoms with van der Waals surface area (Å²) in [7, 11) is 3.66. The quantitative estimate of drug-likeness (QED) is 0.796. The number of fused-ring (bicyclic) bond motifs is 1. The summed E-state index contributed by atoms with van der Waals surface area (Å²) in [5, 5.41) is 0. The highest BCUT2D eigenvalue weighted by atomic mass is 16.7. The van der Waals surface area contributed by atoms with Crippen molar-refractivity contribution in [3.8, 4) is 11.5 Å². The Morgan fingerprint density at radius 1 is 1.00 bits per heavy atom. The van der Waals surface area contributed by atoms with Crippen LogP contribution < -0.4 is 9.47 Å². The lowest BCUT2D eigenvalue weighted by atomic mass is 10.0. The molecular formula is C22H27N3O3. The van der Waals surface area contributed by atoms with Gasteiger partial charge in [0.25, 0.3) is 0 Å². The smallest absolute Gasteiger partial charge is 0.244 e. The molecule has 0 N–H and O–H groups in total. The second kappa shape index (κ2) is 8.20. The zero-order valence-corrected chi connectivity index (χ0v) is 16.5. The third kappa shape index (κ3) is 3.98. The number of benzene rings is 2. The van der Waals surface area contributed by atoms with Gasteiger partial charge in [0.05, 0.1) is 0 Å². The summed E-state index contributed by atoms with van der Waals surface area (Å²) in [5.41, 5.74) is 2.28. The first kappa shape index (κ1) is 18.8. The maximum absolute atomic E-state index is 12.9. The summed E-state index contributed by atoms with van der Waals surface area (Å²) in [6.07, 6.45) is 0. The van der Waals surface area contributed by atoms with Gasteiger partial charge in [-0.15, -0.1) is 0 Å². The van der Waals surface area contributed by atoms with E-state index in [4.69, 9.17) is 9.47 Å². The van der Waals surface area contributed by atoms with Gasteiger partial charge in [-0.1, -0.05) is 36.4 Å². The molecule has 2 aliphatic heterocycles. The molecule has 6 nitrogen and oxygen atoms in total. The number of ether oxygens (including phenoxy) is 2. The Labute approximate surface area is 166 Å². The molecule has 1 saturated heterocycles. The summed E-state index contributed by atoms with van der Waals surface area (Å²) in [4.78, 5) is 19.3. The van der Waals surface area contributed by atoms with Crippen molar-refractivity contribution < 1.29 is 14.3 Å². The second-order valence-electron chi connectivity index (χ2n) is 7.55. The fraction of sp³-hybridized carbons (Fsp3) is 0.409. The van der Waals surface area contributed by atoms with E-state index in [1.165, 1.54) is 5.56 Å². The monoisotopic (exact) mass is 381 g/mol. The van der Waals surface area contributed by atoms with Crippen LogP contribution in [0.15, 0.2) is 48.5 Å². The first-order valence-electron chi connectivity index (χ1n) is 9.73. The standard InChI is InChI=1S/C22H27N3O3/c1-23(2)22(26)21(18-6-4-3-5-7-18)25-12-10-24(11-13-25)15-17-8-9-19-20(14-17)28-16-27-19/h3-9,14,21H,10-13,15-16H2,1-2H3. The minimum absolute atomic E-state index is 0.135. The fourth-order valence-electron chi connectivity index (χ4n) is 3.87. The molecule has 148 valence electrons. The van der Waals surface area contributed by atoms with E-state index >= 15 is 0 Å². The van der Waals surface area contributed by atoms with E-state index in [0.29, 0.717) is 6.79 Å². The molecule has 1 amide bonds. The van der Waals surface area contributed by atoms with E-state index in [1.807, 2.05) is 50.5 Å². The van der Waals surface area contributed by atoms with Gasteiger partial charge in [0.15, 0.2) is 11.5 Å². The number of nitrogens with zero attached hydrogens (tertiary/aromatic N) is 3. The number of hydrogen-bond donors (Lipinski definition) is 0. The minimum atomic E-state index is -0.219. The Balaban J connectivity index is 1.41. The van der Waals surface area contributed by atoms with Crippen molar-refractivity contribution in [1.82, 2.24) is 14.7 Å². The van der Waals surface area contributed by atoms with Gasteiger partial charge in [-0.3, -0.25) is 14.6 Å². The molecule has 0 bridgehead atoms. The SMILES string of the molecule is CN(C)C(=O)C(c1ccccc1)N1CCN(Cc2ccc3c(c2)OCO3)CC1. The Bertz CT molecular complexity index is 817. The van der Waals surface area contributed by atoms with Crippen LogP contribution in [0.4, 0.5) is 0 Å². The van der Waals surface area contributed by atoms with E-state index in [9.17, 15) is 4.79 Å². The molecule has 2 aromatic carbocycles. The molecule has 6 heteroatoms. The topological polar surface area (TPSA) is 45.3 Å². The first-order chi connectivity index (χ1) is 13.6.